The van der Waals surface area contributed by atoms with Gasteiger partial charge in [0.1, 0.15) is 0 Å². The average Bonchev–Trinajstić information content (AvgIpc) is 2.12. The summed E-state index contributed by atoms with van der Waals surface area (Å²) in [7, 11) is -3.98. The predicted molar refractivity (Wildman–Crippen MR) is 98.2 cm³/mol. The molecule has 0 aliphatic carbocycles. The molecule has 1 aromatic rings. The Balaban J connectivity index is 3.76. The summed E-state index contributed by atoms with van der Waals surface area (Å²) in [5.41, 5.74) is 1.65. The van der Waals surface area contributed by atoms with Crippen LogP contribution in [0.25, 0.3) is 0 Å². The summed E-state index contributed by atoms with van der Waals surface area (Å²) >= 11 is 0. The van der Waals surface area contributed by atoms with Gasteiger partial charge in [0.05, 0.1) is 0 Å². The molecule has 0 amide bonds. The molecule has 1 aromatic carbocycles. The molecule has 0 aromatic heterocycles. The second kappa shape index (κ2) is 5.01. The van der Waals surface area contributed by atoms with E-state index in [9.17, 15) is 0 Å². The van der Waals surface area contributed by atoms with Crippen molar-refractivity contribution in [1.29, 1.82) is 0 Å². The van der Waals surface area contributed by atoms with Gasteiger partial charge in [0.2, 0.25) is 0 Å². The summed E-state index contributed by atoms with van der Waals surface area (Å²) in [6.07, 6.45) is 0. The van der Waals surface area contributed by atoms with Crippen LogP contribution >= 0.6 is 0 Å². The number of hydrogen-bond donors (Lipinski definition) is 0. The fourth-order valence-corrected chi connectivity index (χ4v) is 35.5. The van der Waals surface area contributed by atoms with Crippen LogP contribution in [0.5, 0.6) is 0 Å². The third-order valence-corrected chi connectivity index (χ3v) is 25.7. The SMILES string of the molecule is C[Si](C)(C)C(c1ccccc1)([Si](C)(C)C)[Si](C)(C)C. The minimum atomic E-state index is -1.33. The number of hydrogen-bond acceptors (Lipinski definition) is 0. The fraction of sp³-hybridized carbons (Fsp3) is 0.625. The summed E-state index contributed by atoms with van der Waals surface area (Å²) in [6, 6.07) is 11.5. The van der Waals surface area contributed by atoms with E-state index >= 15 is 0 Å². The maximum atomic E-state index is 2.59. The standard InChI is InChI=1S/C16H32Si3/c1-17(2,3)16(18(4,5)6,19(7,8)9)15-13-11-10-12-14-15/h10-14H,1-9H3. The first-order valence-corrected chi connectivity index (χ1v) is 17.9. The van der Waals surface area contributed by atoms with E-state index in [-0.39, 0.29) is 0 Å². The molecule has 0 bridgehead atoms. The third-order valence-electron chi connectivity index (χ3n) is 4.58. The van der Waals surface area contributed by atoms with Gasteiger partial charge in [0.15, 0.2) is 0 Å². The molecule has 3 heteroatoms. The molecular formula is C16H32Si3. The summed E-state index contributed by atoms with van der Waals surface area (Å²) in [6.45, 7) is 23.3. The van der Waals surface area contributed by atoms with Crippen molar-refractivity contribution in [2.24, 2.45) is 0 Å². The van der Waals surface area contributed by atoms with Crippen LogP contribution in [-0.2, 0) is 4.28 Å². The van der Waals surface area contributed by atoms with Gasteiger partial charge >= 0.3 is 0 Å². The lowest BCUT2D eigenvalue weighted by molar-refractivity contribution is 1.01. The van der Waals surface area contributed by atoms with E-state index in [4.69, 9.17) is 0 Å². The molecule has 0 aliphatic rings. The van der Waals surface area contributed by atoms with E-state index in [1.54, 1.807) is 5.56 Å². The van der Waals surface area contributed by atoms with Gasteiger partial charge in [-0.1, -0.05) is 89.3 Å². The van der Waals surface area contributed by atoms with E-state index < -0.39 is 24.2 Å². The normalized spacial score (nSPS) is 14.6. The Morgan fingerprint density at radius 3 is 1.16 bits per heavy atom. The summed E-state index contributed by atoms with van der Waals surface area (Å²) in [5.74, 6) is 0. The molecule has 0 saturated heterocycles. The molecule has 0 radical (unpaired) electrons. The van der Waals surface area contributed by atoms with Crippen molar-refractivity contribution in [2.75, 3.05) is 0 Å². The fourth-order valence-electron chi connectivity index (χ4n) is 5.36. The summed E-state index contributed by atoms with van der Waals surface area (Å²) in [5, 5.41) is 0. The highest BCUT2D eigenvalue weighted by Gasteiger charge is 2.60. The Hall–Kier alpha value is -0.129. The second-order valence-corrected chi connectivity index (χ2v) is 26.1. The largest absolute Gasteiger partial charge is 0.0693 e. The van der Waals surface area contributed by atoms with Crippen LogP contribution in [0.15, 0.2) is 30.3 Å². The molecule has 1 rings (SSSR count). The van der Waals surface area contributed by atoms with Crippen molar-refractivity contribution in [3.63, 3.8) is 0 Å². The monoisotopic (exact) mass is 308 g/mol. The number of rotatable bonds is 4. The molecule has 108 valence electrons. The second-order valence-electron chi connectivity index (χ2n) is 8.87. The van der Waals surface area contributed by atoms with E-state index in [1.807, 2.05) is 0 Å². The van der Waals surface area contributed by atoms with Crippen molar-refractivity contribution >= 4 is 24.2 Å². The Bertz CT molecular complexity index is 380. The molecule has 0 atom stereocenters. The van der Waals surface area contributed by atoms with Crippen LogP contribution in [0.1, 0.15) is 5.56 Å². The van der Waals surface area contributed by atoms with Crippen LogP contribution in [0, 0.1) is 0 Å². The van der Waals surface area contributed by atoms with Gasteiger partial charge in [-0.3, -0.25) is 0 Å². The van der Waals surface area contributed by atoms with Crippen molar-refractivity contribution in [2.45, 2.75) is 63.2 Å². The van der Waals surface area contributed by atoms with Crippen LogP contribution in [0.4, 0.5) is 0 Å². The van der Waals surface area contributed by atoms with Gasteiger partial charge in [0, 0.05) is 24.2 Å². The van der Waals surface area contributed by atoms with Gasteiger partial charge in [0.25, 0.3) is 0 Å². The first-order chi connectivity index (χ1) is 8.36. The van der Waals surface area contributed by atoms with Gasteiger partial charge < -0.3 is 0 Å². The highest BCUT2D eigenvalue weighted by molar-refractivity contribution is 7.14. The van der Waals surface area contributed by atoms with Crippen LogP contribution < -0.4 is 0 Å². The van der Waals surface area contributed by atoms with Crippen LogP contribution in [0.3, 0.4) is 0 Å². The Morgan fingerprint density at radius 1 is 0.579 bits per heavy atom. The maximum Gasteiger partial charge on any atom is 0.0499 e. The Labute approximate surface area is 123 Å². The molecule has 0 unspecified atom stereocenters. The molecular weight excluding hydrogens is 276 g/mol. The Morgan fingerprint density at radius 2 is 0.895 bits per heavy atom. The van der Waals surface area contributed by atoms with Gasteiger partial charge in [-0.25, -0.2) is 0 Å². The minimum absolute atomic E-state index is 0.522. The molecule has 0 heterocycles. The van der Waals surface area contributed by atoms with Gasteiger partial charge in [-0.15, -0.1) is 0 Å². The first-order valence-electron chi connectivity index (χ1n) is 7.41. The van der Waals surface area contributed by atoms with E-state index in [0.29, 0.717) is 4.28 Å². The Kier molecular flexibility index (Phi) is 4.46. The number of benzene rings is 1. The third kappa shape index (κ3) is 2.69. The van der Waals surface area contributed by atoms with Crippen LogP contribution in [-0.4, -0.2) is 24.2 Å². The lowest BCUT2D eigenvalue weighted by Crippen LogP contribution is -2.74. The lowest BCUT2D eigenvalue weighted by atomic mass is 10.2. The molecule has 19 heavy (non-hydrogen) atoms. The van der Waals surface area contributed by atoms with Crippen molar-refractivity contribution in [1.82, 2.24) is 0 Å². The highest BCUT2D eigenvalue weighted by Crippen LogP contribution is 2.48. The zero-order valence-corrected chi connectivity index (χ0v) is 17.4. The minimum Gasteiger partial charge on any atom is -0.0693 e. The van der Waals surface area contributed by atoms with Crippen molar-refractivity contribution in [3.05, 3.63) is 35.9 Å². The summed E-state index contributed by atoms with van der Waals surface area (Å²) in [4.78, 5) is 0. The molecule has 0 N–H and O–H groups in total. The van der Waals surface area contributed by atoms with Crippen molar-refractivity contribution in [3.8, 4) is 0 Å². The van der Waals surface area contributed by atoms with Crippen LogP contribution in [0.2, 0.25) is 58.9 Å². The van der Waals surface area contributed by atoms with Crippen molar-refractivity contribution < 1.29 is 0 Å². The van der Waals surface area contributed by atoms with Gasteiger partial charge in [-0.2, -0.15) is 0 Å². The maximum absolute atomic E-state index is 2.59. The lowest BCUT2D eigenvalue weighted by Gasteiger charge is -2.59. The molecule has 0 fully saturated rings. The zero-order valence-electron chi connectivity index (χ0n) is 14.4. The highest BCUT2D eigenvalue weighted by atomic mass is 28.5. The average molecular weight is 309 g/mol. The predicted octanol–water partition coefficient (Wildman–Crippen LogP) is 5.56. The molecule has 0 spiro atoms. The van der Waals surface area contributed by atoms with E-state index in [0.717, 1.165) is 0 Å². The summed E-state index contributed by atoms with van der Waals surface area (Å²) < 4.78 is 0.522. The van der Waals surface area contributed by atoms with E-state index in [1.165, 1.54) is 0 Å². The first kappa shape index (κ1) is 16.9. The molecule has 0 aliphatic heterocycles. The quantitative estimate of drug-likeness (QED) is 0.639. The smallest absolute Gasteiger partial charge is 0.0499 e. The molecule has 0 nitrogen and oxygen atoms in total. The molecule has 0 saturated carbocycles. The van der Waals surface area contributed by atoms with Gasteiger partial charge in [-0.05, 0) is 9.85 Å². The zero-order chi connectivity index (χ0) is 15.1. The topological polar surface area (TPSA) is 0 Å². The van der Waals surface area contributed by atoms with E-state index in [2.05, 4.69) is 89.3 Å².